The Morgan fingerprint density at radius 1 is 1.15 bits per heavy atom. The standard InChI is InChI=1S/C17H19N2O3P.C3H8O/c1-2-4-13-7-9-16(10-8-13)19-17(23(20,21)22)15-6-3-5-14(11-15)12-18;1-3(2)4/h3,5-11,17,19H,2,4H2,1H3,(H2,20,21,22);3-4H,1-2H3. The van der Waals surface area contributed by atoms with Gasteiger partial charge in [0.25, 0.3) is 0 Å². The minimum atomic E-state index is -4.44. The number of nitrogens with zero attached hydrogens (tertiary/aromatic N) is 1. The second kappa shape index (κ2) is 10.9. The van der Waals surface area contributed by atoms with Gasteiger partial charge in [0.2, 0.25) is 0 Å². The van der Waals surface area contributed by atoms with Crippen molar-refractivity contribution in [3.63, 3.8) is 0 Å². The van der Waals surface area contributed by atoms with Gasteiger partial charge in [-0.1, -0.05) is 37.6 Å². The molecule has 0 aliphatic carbocycles. The summed E-state index contributed by atoms with van der Waals surface area (Å²) >= 11 is 0. The van der Waals surface area contributed by atoms with Crippen LogP contribution in [0.5, 0.6) is 0 Å². The minimum Gasteiger partial charge on any atom is -0.394 e. The van der Waals surface area contributed by atoms with Crippen LogP contribution in [0.15, 0.2) is 48.5 Å². The number of aryl methyl sites for hydroxylation is 1. The monoisotopic (exact) mass is 390 g/mol. The number of aliphatic hydroxyl groups excluding tert-OH is 1. The molecule has 4 N–H and O–H groups in total. The molecule has 0 saturated carbocycles. The molecule has 0 spiro atoms. The lowest BCUT2D eigenvalue weighted by molar-refractivity contribution is 0.216. The van der Waals surface area contributed by atoms with E-state index < -0.39 is 13.4 Å². The fourth-order valence-corrected chi connectivity index (χ4v) is 3.22. The van der Waals surface area contributed by atoms with E-state index in [4.69, 9.17) is 10.4 Å². The molecule has 0 heterocycles. The number of nitrogens with one attached hydrogen (secondary N) is 1. The molecule has 0 radical (unpaired) electrons. The van der Waals surface area contributed by atoms with Crippen molar-refractivity contribution < 1.29 is 19.5 Å². The molecule has 0 saturated heterocycles. The SMILES string of the molecule is CC(C)O.CCCc1ccc(NC(c2cccc(C#N)c2)P(=O)(O)O)cc1. The number of aliphatic hydroxyl groups is 1. The normalized spacial score (nSPS) is 11.9. The molecule has 0 aromatic heterocycles. The van der Waals surface area contributed by atoms with E-state index in [9.17, 15) is 14.4 Å². The summed E-state index contributed by atoms with van der Waals surface area (Å²) in [5.41, 5.74) is 2.55. The van der Waals surface area contributed by atoms with Crippen LogP contribution in [0, 0.1) is 11.3 Å². The van der Waals surface area contributed by atoms with Gasteiger partial charge in [0.1, 0.15) is 0 Å². The van der Waals surface area contributed by atoms with Gasteiger partial charge in [-0.05, 0) is 55.7 Å². The Hall–Kier alpha value is -2.16. The summed E-state index contributed by atoms with van der Waals surface area (Å²) in [6.45, 7) is 5.54. The zero-order chi connectivity index (χ0) is 20.4. The molecule has 1 atom stereocenters. The Labute approximate surface area is 160 Å². The molecule has 0 aliphatic rings. The Morgan fingerprint density at radius 2 is 1.74 bits per heavy atom. The lowest BCUT2D eigenvalue weighted by Crippen LogP contribution is -2.11. The van der Waals surface area contributed by atoms with E-state index in [1.807, 2.05) is 30.3 Å². The summed E-state index contributed by atoms with van der Waals surface area (Å²) in [6.07, 6.45) is 1.84. The number of hydrogen-bond acceptors (Lipinski definition) is 4. The average molecular weight is 390 g/mol. The van der Waals surface area contributed by atoms with Crippen molar-refractivity contribution >= 4 is 13.3 Å². The first-order chi connectivity index (χ1) is 12.7. The van der Waals surface area contributed by atoms with E-state index in [1.54, 1.807) is 32.0 Å². The fourth-order valence-electron chi connectivity index (χ4n) is 2.35. The number of hydrogen-bond donors (Lipinski definition) is 4. The smallest absolute Gasteiger partial charge is 0.352 e. The summed E-state index contributed by atoms with van der Waals surface area (Å²) in [4.78, 5) is 19.3. The van der Waals surface area contributed by atoms with Crippen molar-refractivity contribution in [3.8, 4) is 6.07 Å². The second-order valence-corrected chi connectivity index (χ2v) is 8.11. The summed E-state index contributed by atoms with van der Waals surface area (Å²) < 4.78 is 11.9. The van der Waals surface area contributed by atoms with Gasteiger partial charge in [-0.2, -0.15) is 5.26 Å². The second-order valence-electron chi connectivity index (χ2n) is 6.41. The third-order valence-corrected chi connectivity index (χ3v) is 4.56. The highest BCUT2D eigenvalue weighted by molar-refractivity contribution is 7.52. The molecule has 2 rings (SSSR count). The van der Waals surface area contributed by atoms with Crippen LogP contribution in [0.2, 0.25) is 0 Å². The highest BCUT2D eigenvalue weighted by Crippen LogP contribution is 2.51. The van der Waals surface area contributed by atoms with Crippen molar-refractivity contribution in [2.75, 3.05) is 5.32 Å². The van der Waals surface area contributed by atoms with Gasteiger partial charge in [-0.25, -0.2) is 0 Å². The maximum Gasteiger partial charge on any atom is 0.352 e. The molecule has 0 aliphatic heterocycles. The van der Waals surface area contributed by atoms with Crippen molar-refractivity contribution in [2.24, 2.45) is 0 Å². The van der Waals surface area contributed by atoms with E-state index in [-0.39, 0.29) is 6.10 Å². The molecule has 0 amide bonds. The molecule has 7 heteroatoms. The van der Waals surface area contributed by atoms with E-state index in [2.05, 4.69) is 12.2 Å². The zero-order valence-electron chi connectivity index (χ0n) is 15.8. The average Bonchev–Trinajstić information content (AvgIpc) is 2.60. The van der Waals surface area contributed by atoms with E-state index in [0.29, 0.717) is 16.8 Å². The number of anilines is 1. The third kappa shape index (κ3) is 8.38. The van der Waals surface area contributed by atoms with Crippen LogP contribution in [0.4, 0.5) is 5.69 Å². The van der Waals surface area contributed by atoms with Gasteiger partial charge in [-0.15, -0.1) is 0 Å². The Balaban J connectivity index is 0.000000828. The first-order valence-electron chi connectivity index (χ1n) is 8.76. The minimum absolute atomic E-state index is 0.167. The molecular weight excluding hydrogens is 363 g/mol. The molecule has 27 heavy (non-hydrogen) atoms. The largest absolute Gasteiger partial charge is 0.394 e. The van der Waals surface area contributed by atoms with Crippen LogP contribution in [-0.4, -0.2) is 21.0 Å². The van der Waals surface area contributed by atoms with Crippen molar-refractivity contribution in [1.29, 1.82) is 5.26 Å². The molecule has 0 bridgehead atoms. The topological polar surface area (TPSA) is 114 Å². The van der Waals surface area contributed by atoms with Crippen molar-refractivity contribution in [1.82, 2.24) is 0 Å². The van der Waals surface area contributed by atoms with Gasteiger partial charge in [0, 0.05) is 11.8 Å². The summed E-state index contributed by atoms with van der Waals surface area (Å²) in [6, 6.07) is 15.8. The van der Waals surface area contributed by atoms with Gasteiger partial charge in [0.15, 0.2) is 5.78 Å². The van der Waals surface area contributed by atoms with Crippen LogP contribution in [-0.2, 0) is 11.0 Å². The first-order valence-corrected chi connectivity index (χ1v) is 10.4. The highest BCUT2D eigenvalue weighted by Gasteiger charge is 2.30. The molecule has 1 unspecified atom stereocenters. The van der Waals surface area contributed by atoms with Crippen molar-refractivity contribution in [3.05, 3.63) is 65.2 Å². The van der Waals surface area contributed by atoms with Crippen LogP contribution >= 0.6 is 7.60 Å². The van der Waals surface area contributed by atoms with Gasteiger partial charge in [0.05, 0.1) is 11.6 Å². The van der Waals surface area contributed by atoms with Crippen LogP contribution in [0.1, 0.15) is 49.7 Å². The molecule has 6 nitrogen and oxygen atoms in total. The lowest BCUT2D eigenvalue weighted by atomic mass is 10.1. The summed E-state index contributed by atoms with van der Waals surface area (Å²) in [7, 11) is -4.44. The number of nitriles is 1. The lowest BCUT2D eigenvalue weighted by Gasteiger charge is -2.21. The van der Waals surface area contributed by atoms with Crippen LogP contribution in [0.25, 0.3) is 0 Å². The molecular formula is C20H27N2O4P. The number of benzene rings is 2. The van der Waals surface area contributed by atoms with Gasteiger partial charge < -0.3 is 20.2 Å². The van der Waals surface area contributed by atoms with Crippen molar-refractivity contribution in [2.45, 2.75) is 45.5 Å². The Bertz CT molecular complexity index is 792. The third-order valence-electron chi connectivity index (χ3n) is 3.46. The van der Waals surface area contributed by atoms with E-state index in [0.717, 1.165) is 12.8 Å². The predicted molar refractivity (Wildman–Crippen MR) is 107 cm³/mol. The summed E-state index contributed by atoms with van der Waals surface area (Å²) in [5, 5.41) is 19.9. The highest BCUT2D eigenvalue weighted by atomic mass is 31.2. The fraction of sp³-hybridized carbons (Fsp3) is 0.350. The van der Waals surface area contributed by atoms with Gasteiger partial charge >= 0.3 is 7.60 Å². The molecule has 2 aromatic rings. The number of rotatable bonds is 6. The van der Waals surface area contributed by atoms with Gasteiger partial charge in [-0.3, -0.25) is 4.57 Å². The predicted octanol–water partition coefficient (Wildman–Crippen LogP) is 4.19. The summed E-state index contributed by atoms with van der Waals surface area (Å²) in [5.74, 6) is -1.19. The maximum atomic E-state index is 11.9. The zero-order valence-corrected chi connectivity index (χ0v) is 16.7. The Kier molecular flexibility index (Phi) is 9.20. The van der Waals surface area contributed by atoms with Crippen LogP contribution in [0.3, 0.4) is 0 Å². The first kappa shape index (κ1) is 22.9. The Morgan fingerprint density at radius 3 is 2.22 bits per heavy atom. The quantitative estimate of drug-likeness (QED) is 0.550. The maximum absolute atomic E-state index is 11.9. The molecule has 146 valence electrons. The van der Waals surface area contributed by atoms with E-state index >= 15 is 0 Å². The molecule has 0 fully saturated rings. The molecule has 2 aromatic carbocycles. The van der Waals surface area contributed by atoms with E-state index in [1.165, 1.54) is 11.6 Å². The van der Waals surface area contributed by atoms with Crippen LogP contribution < -0.4 is 5.32 Å².